The summed E-state index contributed by atoms with van der Waals surface area (Å²) in [5.41, 5.74) is 3.37. The first kappa shape index (κ1) is 15.4. The van der Waals surface area contributed by atoms with Gasteiger partial charge in [-0.15, -0.1) is 6.58 Å². The molecule has 0 radical (unpaired) electrons. The standard InChI is InChI=1S/C15H21NO3/c1-2-3-5-10-14(11-17)15(18)16-19-12-13-8-6-4-7-9-13/h2,4,6-9,14,17H,1,3,5,10-12H2,(H,16,18). The van der Waals surface area contributed by atoms with Gasteiger partial charge in [0.2, 0.25) is 5.91 Å². The Morgan fingerprint density at radius 2 is 2.16 bits per heavy atom. The largest absolute Gasteiger partial charge is 0.396 e. The van der Waals surface area contributed by atoms with Crippen LogP contribution in [0.15, 0.2) is 43.0 Å². The van der Waals surface area contributed by atoms with Crippen LogP contribution in [0.25, 0.3) is 0 Å². The molecule has 1 aromatic rings. The molecule has 2 N–H and O–H groups in total. The minimum absolute atomic E-state index is 0.169. The fourth-order valence-corrected chi connectivity index (χ4v) is 1.66. The molecule has 19 heavy (non-hydrogen) atoms. The number of hydrogen-bond donors (Lipinski definition) is 2. The van der Waals surface area contributed by atoms with Crippen molar-refractivity contribution in [2.24, 2.45) is 5.92 Å². The molecule has 0 aliphatic rings. The summed E-state index contributed by atoms with van der Waals surface area (Å²) in [4.78, 5) is 16.9. The lowest BCUT2D eigenvalue weighted by molar-refractivity contribution is -0.140. The zero-order valence-electron chi connectivity index (χ0n) is 11.0. The van der Waals surface area contributed by atoms with Gasteiger partial charge in [0.05, 0.1) is 19.1 Å². The number of benzene rings is 1. The van der Waals surface area contributed by atoms with E-state index in [1.807, 2.05) is 30.3 Å². The van der Waals surface area contributed by atoms with E-state index in [2.05, 4.69) is 12.1 Å². The predicted molar refractivity (Wildman–Crippen MR) is 74.0 cm³/mol. The minimum atomic E-state index is -0.421. The molecule has 0 aliphatic carbocycles. The number of amides is 1. The van der Waals surface area contributed by atoms with Gasteiger partial charge in [-0.1, -0.05) is 36.4 Å². The van der Waals surface area contributed by atoms with Crippen molar-refractivity contribution in [3.63, 3.8) is 0 Å². The molecule has 1 aromatic carbocycles. The molecule has 0 aliphatic heterocycles. The Hall–Kier alpha value is -1.65. The van der Waals surface area contributed by atoms with E-state index in [1.54, 1.807) is 6.08 Å². The van der Waals surface area contributed by atoms with Gasteiger partial charge in [-0.25, -0.2) is 5.48 Å². The maximum absolute atomic E-state index is 11.7. The van der Waals surface area contributed by atoms with E-state index in [0.29, 0.717) is 13.0 Å². The lowest BCUT2D eigenvalue weighted by Gasteiger charge is -2.13. The Bertz CT molecular complexity index is 378. The number of hydrogen-bond acceptors (Lipinski definition) is 3. The van der Waals surface area contributed by atoms with Crippen LogP contribution in [0.1, 0.15) is 24.8 Å². The van der Waals surface area contributed by atoms with Crippen LogP contribution in [0.2, 0.25) is 0 Å². The molecule has 0 heterocycles. The fourth-order valence-electron chi connectivity index (χ4n) is 1.66. The van der Waals surface area contributed by atoms with Crippen LogP contribution in [-0.4, -0.2) is 17.6 Å². The Morgan fingerprint density at radius 1 is 1.42 bits per heavy atom. The molecule has 104 valence electrons. The van der Waals surface area contributed by atoms with Gasteiger partial charge in [0.15, 0.2) is 0 Å². The second-order valence-corrected chi connectivity index (χ2v) is 4.34. The summed E-state index contributed by atoms with van der Waals surface area (Å²) in [6.07, 6.45) is 4.11. The lowest BCUT2D eigenvalue weighted by Crippen LogP contribution is -2.32. The summed E-state index contributed by atoms with van der Waals surface area (Å²) in [5, 5.41) is 9.17. The van der Waals surface area contributed by atoms with Crippen molar-refractivity contribution in [2.75, 3.05) is 6.61 Å². The van der Waals surface area contributed by atoms with Crippen LogP contribution >= 0.6 is 0 Å². The third-order valence-electron chi connectivity index (χ3n) is 2.81. The quantitative estimate of drug-likeness (QED) is 0.408. The van der Waals surface area contributed by atoms with Gasteiger partial charge in [-0.2, -0.15) is 0 Å². The summed E-state index contributed by atoms with van der Waals surface area (Å²) in [5.74, 6) is -0.696. The van der Waals surface area contributed by atoms with Crippen molar-refractivity contribution in [3.05, 3.63) is 48.6 Å². The van der Waals surface area contributed by atoms with Gasteiger partial charge in [0.1, 0.15) is 0 Å². The Kier molecular flexibility index (Phi) is 7.54. The summed E-state index contributed by atoms with van der Waals surface area (Å²) in [6.45, 7) is 3.77. The van der Waals surface area contributed by atoms with E-state index in [1.165, 1.54) is 0 Å². The van der Waals surface area contributed by atoms with Crippen molar-refractivity contribution in [1.82, 2.24) is 5.48 Å². The van der Waals surface area contributed by atoms with E-state index in [0.717, 1.165) is 18.4 Å². The molecule has 0 saturated heterocycles. The molecule has 1 amide bonds. The molecule has 0 aromatic heterocycles. The molecule has 0 bridgehead atoms. The summed E-state index contributed by atoms with van der Waals surface area (Å²) in [6, 6.07) is 9.57. The molecular weight excluding hydrogens is 242 g/mol. The number of unbranched alkanes of at least 4 members (excludes halogenated alkanes) is 1. The highest BCUT2D eigenvalue weighted by molar-refractivity contribution is 5.77. The molecule has 1 atom stereocenters. The third kappa shape index (κ3) is 6.18. The van der Waals surface area contributed by atoms with E-state index < -0.39 is 5.92 Å². The lowest BCUT2D eigenvalue weighted by atomic mass is 10.0. The number of carbonyl (C=O) groups excluding carboxylic acids is 1. The second kappa shape index (κ2) is 9.30. The number of carbonyl (C=O) groups is 1. The van der Waals surface area contributed by atoms with E-state index >= 15 is 0 Å². The zero-order valence-corrected chi connectivity index (χ0v) is 11.0. The van der Waals surface area contributed by atoms with Crippen LogP contribution in [-0.2, 0) is 16.2 Å². The van der Waals surface area contributed by atoms with Gasteiger partial charge in [-0.05, 0) is 24.8 Å². The van der Waals surface area contributed by atoms with E-state index in [4.69, 9.17) is 9.94 Å². The first-order valence-corrected chi connectivity index (χ1v) is 6.45. The van der Waals surface area contributed by atoms with Gasteiger partial charge in [0, 0.05) is 0 Å². The molecule has 0 fully saturated rings. The van der Waals surface area contributed by atoms with Crippen molar-refractivity contribution >= 4 is 5.91 Å². The van der Waals surface area contributed by atoms with Crippen molar-refractivity contribution in [1.29, 1.82) is 0 Å². The Morgan fingerprint density at radius 3 is 2.79 bits per heavy atom. The highest BCUT2D eigenvalue weighted by Crippen LogP contribution is 2.09. The fraction of sp³-hybridized carbons (Fsp3) is 0.400. The molecule has 1 rings (SSSR count). The van der Waals surface area contributed by atoms with Gasteiger partial charge in [-0.3, -0.25) is 9.63 Å². The van der Waals surface area contributed by atoms with Crippen LogP contribution in [0.5, 0.6) is 0 Å². The van der Waals surface area contributed by atoms with Crippen molar-refractivity contribution in [2.45, 2.75) is 25.9 Å². The minimum Gasteiger partial charge on any atom is -0.396 e. The average molecular weight is 263 g/mol. The van der Waals surface area contributed by atoms with Gasteiger partial charge < -0.3 is 5.11 Å². The summed E-state index contributed by atoms with van der Waals surface area (Å²) >= 11 is 0. The first-order valence-electron chi connectivity index (χ1n) is 6.45. The molecule has 1 unspecified atom stereocenters. The number of aliphatic hydroxyl groups is 1. The van der Waals surface area contributed by atoms with Gasteiger partial charge in [0.25, 0.3) is 0 Å². The van der Waals surface area contributed by atoms with E-state index in [-0.39, 0.29) is 12.5 Å². The monoisotopic (exact) mass is 263 g/mol. The highest BCUT2D eigenvalue weighted by Gasteiger charge is 2.16. The van der Waals surface area contributed by atoms with Crippen LogP contribution in [0.3, 0.4) is 0 Å². The highest BCUT2D eigenvalue weighted by atomic mass is 16.6. The van der Waals surface area contributed by atoms with Crippen LogP contribution in [0.4, 0.5) is 0 Å². The van der Waals surface area contributed by atoms with Crippen molar-refractivity contribution < 1.29 is 14.7 Å². The third-order valence-corrected chi connectivity index (χ3v) is 2.81. The average Bonchev–Trinajstić information content (AvgIpc) is 2.44. The smallest absolute Gasteiger partial charge is 0.248 e. The summed E-state index contributed by atoms with van der Waals surface area (Å²) in [7, 11) is 0. The predicted octanol–water partition coefficient (Wildman–Crippen LogP) is 2.20. The topological polar surface area (TPSA) is 58.6 Å². The molecule has 4 heteroatoms. The number of nitrogens with one attached hydrogen (secondary N) is 1. The molecule has 0 spiro atoms. The maximum atomic E-state index is 11.7. The number of aliphatic hydroxyl groups excluding tert-OH is 1. The van der Waals surface area contributed by atoms with Gasteiger partial charge >= 0.3 is 0 Å². The molecule has 4 nitrogen and oxygen atoms in total. The summed E-state index contributed by atoms with van der Waals surface area (Å²) < 4.78 is 0. The molecule has 0 saturated carbocycles. The Balaban J connectivity index is 2.26. The molecular formula is C15H21NO3. The van der Waals surface area contributed by atoms with Crippen molar-refractivity contribution in [3.8, 4) is 0 Å². The second-order valence-electron chi connectivity index (χ2n) is 4.34. The first-order chi connectivity index (χ1) is 9.27. The van der Waals surface area contributed by atoms with Crippen LogP contribution < -0.4 is 5.48 Å². The number of rotatable bonds is 9. The zero-order chi connectivity index (χ0) is 13.9. The maximum Gasteiger partial charge on any atom is 0.248 e. The number of hydroxylamine groups is 1. The SMILES string of the molecule is C=CCCCC(CO)C(=O)NOCc1ccccc1. The Labute approximate surface area is 114 Å². The van der Waals surface area contributed by atoms with Crippen LogP contribution in [0, 0.1) is 5.92 Å². The van der Waals surface area contributed by atoms with E-state index in [9.17, 15) is 4.79 Å². The normalized spacial score (nSPS) is 11.8. The number of allylic oxidation sites excluding steroid dienone is 1.